The van der Waals surface area contributed by atoms with Crippen LogP contribution in [0.5, 0.6) is 0 Å². The van der Waals surface area contributed by atoms with Gasteiger partial charge in [-0.05, 0) is 54.3 Å². The molecule has 0 saturated carbocycles. The van der Waals surface area contributed by atoms with E-state index in [0.717, 1.165) is 59.2 Å². The van der Waals surface area contributed by atoms with E-state index in [1.54, 1.807) is 0 Å². The average molecular weight is 441 g/mol. The summed E-state index contributed by atoms with van der Waals surface area (Å²) in [6.45, 7) is 8.06. The largest absolute Gasteiger partial charge is 0.371 e. The van der Waals surface area contributed by atoms with Crippen molar-refractivity contribution in [2.45, 2.75) is 19.9 Å². The minimum atomic E-state index is 0.664. The number of benzene rings is 3. The molecule has 2 N–H and O–H groups in total. The number of fused-ring (bicyclic) bond motifs is 1. The maximum atomic E-state index is 6.55. The molecule has 1 aliphatic heterocycles. The Morgan fingerprint density at radius 1 is 1.09 bits per heavy atom. The third-order valence-corrected chi connectivity index (χ3v) is 6.30. The molecular formula is C27H25ClN4. The molecule has 0 radical (unpaired) electrons. The van der Waals surface area contributed by atoms with Gasteiger partial charge in [-0.3, -0.25) is 0 Å². The first-order chi connectivity index (χ1) is 15.6. The Morgan fingerprint density at radius 2 is 1.94 bits per heavy atom. The number of H-pyrrole nitrogens is 1. The molecule has 0 unspecified atom stereocenters. The zero-order valence-electron chi connectivity index (χ0n) is 18.0. The van der Waals surface area contributed by atoms with Crippen LogP contribution in [-0.4, -0.2) is 21.4 Å². The number of hydrogen-bond donors (Lipinski definition) is 2. The van der Waals surface area contributed by atoms with E-state index in [4.69, 9.17) is 11.6 Å². The van der Waals surface area contributed by atoms with E-state index >= 15 is 0 Å². The quantitative estimate of drug-likeness (QED) is 0.350. The minimum Gasteiger partial charge on any atom is -0.371 e. The van der Waals surface area contributed by atoms with Gasteiger partial charge in [-0.25, -0.2) is 4.98 Å². The summed E-state index contributed by atoms with van der Waals surface area (Å²) in [7, 11) is 0. The van der Waals surface area contributed by atoms with E-state index in [1.807, 2.05) is 36.5 Å². The lowest BCUT2D eigenvalue weighted by atomic mass is 9.97. The van der Waals surface area contributed by atoms with Crippen LogP contribution in [0.25, 0.3) is 22.6 Å². The molecule has 5 heteroatoms. The van der Waals surface area contributed by atoms with E-state index < -0.39 is 0 Å². The maximum Gasteiger partial charge on any atom is 0.139 e. The first kappa shape index (κ1) is 20.4. The molecule has 3 aromatic carbocycles. The maximum absolute atomic E-state index is 6.55. The van der Waals surface area contributed by atoms with E-state index in [1.165, 1.54) is 11.1 Å². The molecule has 1 aliphatic rings. The number of rotatable bonds is 5. The predicted octanol–water partition coefficient (Wildman–Crippen LogP) is 7.03. The summed E-state index contributed by atoms with van der Waals surface area (Å²) >= 11 is 6.55. The topological polar surface area (TPSA) is 44.0 Å². The fourth-order valence-electron chi connectivity index (χ4n) is 4.21. The van der Waals surface area contributed by atoms with E-state index in [2.05, 4.69) is 70.1 Å². The second-order valence-corrected chi connectivity index (χ2v) is 8.59. The van der Waals surface area contributed by atoms with Gasteiger partial charge in [0.1, 0.15) is 5.82 Å². The molecule has 0 bridgehead atoms. The Balaban J connectivity index is 1.43. The predicted molar refractivity (Wildman–Crippen MR) is 133 cm³/mol. The van der Waals surface area contributed by atoms with Crippen LogP contribution in [0.1, 0.15) is 18.1 Å². The van der Waals surface area contributed by atoms with Gasteiger partial charge in [0, 0.05) is 35.7 Å². The van der Waals surface area contributed by atoms with Crippen LogP contribution in [0.15, 0.2) is 85.2 Å². The lowest BCUT2D eigenvalue weighted by Gasteiger charge is -2.32. The van der Waals surface area contributed by atoms with Crippen molar-refractivity contribution >= 4 is 23.0 Å². The van der Waals surface area contributed by atoms with Gasteiger partial charge in [-0.15, -0.1) is 0 Å². The van der Waals surface area contributed by atoms with Crippen molar-refractivity contribution in [2.24, 2.45) is 0 Å². The van der Waals surface area contributed by atoms with Crippen molar-refractivity contribution in [1.29, 1.82) is 0 Å². The smallest absolute Gasteiger partial charge is 0.139 e. The number of anilines is 2. The Morgan fingerprint density at radius 3 is 2.75 bits per heavy atom. The SMILES string of the molecule is C=C(C)N1CCc2c(cccc2Nc2ccc(Cl)c(-c3ncc(-c4ccccc4)[nH]3)c2)C1. The molecule has 4 nitrogen and oxygen atoms in total. The molecule has 0 saturated heterocycles. The number of imidazole rings is 1. The van der Waals surface area contributed by atoms with Gasteiger partial charge in [-0.1, -0.05) is 60.6 Å². The monoisotopic (exact) mass is 440 g/mol. The number of halogens is 1. The molecule has 5 rings (SSSR count). The third-order valence-electron chi connectivity index (χ3n) is 5.97. The van der Waals surface area contributed by atoms with E-state index in [0.29, 0.717) is 5.02 Å². The molecule has 0 spiro atoms. The lowest BCUT2D eigenvalue weighted by Crippen LogP contribution is -2.29. The van der Waals surface area contributed by atoms with Crippen molar-refractivity contribution in [1.82, 2.24) is 14.9 Å². The van der Waals surface area contributed by atoms with Crippen LogP contribution >= 0.6 is 11.6 Å². The second-order valence-electron chi connectivity index (χ2n) is 8.18. The molecule has 1 aromatic heterocycles. The second kappa shape index (κ2) is 8.56. The Bertz CT molecular complexity index is 1280. The summed E-state index contributed by atoms with van der Waals surface area (Å²) in [6, 6.07) is 22.6. The molecule has 32 heavy (non-hydrogen) atoms. The van der Waals surface area contributed by atoms with Crippen LogP contribution in [0, 0.1) is 0 Å². The van der Waals surface area contributed by atoms with Gasteiger partial charge in [0.25, 0.3) is 0 Å². The molecule has 0 fully saturated rings. The van der Waals surface area contributed by atoms with Crippen molar-refractivity contribution in [3.63, 3.8) is 0 Å². The number of allylic oxidation sites excluding steroid dienone is 1. The van der Waals surface area contributed by atoms with Crippen LogP contribution in [0.3, 0.4) is 0 Å². The Kier molecular flexibility index (Phi) is 5.46. The van der Waals surface area contributed by atoms with E-state index in [9.17, 15) is 0 Å². The van der Waals surface area contributed by atoms with Gasteiger partial charge in [0.15, 0.2) is 0 Å². The summed E-state index contributed by atoms with van der Waals surface area (Å²) < 4.78 is 0. The molecule has 0 amide bonds. The molecule has 160 valence electrons. The van der Waals surface area contributed by atoms with Crippen molar-refractivity contribution in [3.8, 4) is 22.6 Å². The Hall–Kier alpha value is -3.50. The van der Waals surface area contributed by atoms with Crippen LogP contribution in [-0.2, 0) is 13.0 Å². The van der Waals surface area contributed by atoms with Crippen LogP contribution in [0.4, 0.5) is 11.4 Å². The van der Waals surface area contributed by atoms with Crippen LogP contribution < -0.4 is 5.32 Å². The first-order valence-electron chi connectivity index (χ1n) is 10.8. The summed E-state index contributed by atoms with van der Waals surface area (Å²) in [6.07, 6.45) is 2.84. The summed E-state index contributed by atoms with van der Waals surface area (Å²) in [4.78, 5) is 10.3. The summed E-state index contributed by atoms with van der Waals surface area (Å²) in [5.74, 6) is 0.754. The van der Waals surface area contributed by atoms with Gasteiger partial charge in [-0.2, -0.15) is 0 Å². The number of nitrogens with one attached hydrogen (secondary N) is 2. The van der Waals surface area contributed by atoms with Crippen molar-refractivity contribution in [2.75, 3.05) is 11.9 Å². The van der Waals surface area contributed by atoms with Gasteiger partial charge < -0.3 is 15.2 Å². The van der Waals surface area contributed by atoms with Crippen LogP contribution in [0.2, 0.25) is 5.02 Å². The zero-order valence-corrected chi connectivity index (χ0v) is 18.8. The highest BCUT2D eigenvalue weighted by Crippen LogP contribution is 2.34. The van der Waals surface area contributed by atoms with Gasteiger partial charge in [0.05, 0.1) is 16.9 Å². The highest BCUT2D eigenvalue weighted by atomic mass is 35.5. The van der Waals surface area contributed by atoms with Gasteiger partial charge in [0.2, 0.25) is 0 Å². The standard InChI is InChI=1S/C27H25ClN4/c1-18(2)32-14-13-22-20(17-32)9-6-10-25(22)30-21-11-12-24(28)23(15-21)27-29-16-26(31-27)19-7-4-3-5-8-19/h3-12,15-16,30H,1,13-14,17H2,2H3,(H,29,31). The molecule has 4 aromatic rings. The number of nitrogens with zero attached hydrogens (tertiary/aromatic N) is 2. The zero-order chi connectivity index (χ0) is 22.1. The number of aromatic amines is 1. The minimum absolute atomic E-state index is 0.664. The molecule has 2 heterocycles. The normalized spacial score (nSPS) is 13.0. The highest BCUT2D eigenvalue weighted by Gasteiger charge is 2.19. The van der Waals surface area contributed by atoms with Gasteiger partial charge >= 0.3 is 0 Å². The highest BCUT2D eigenvalue weighted by molar-refractivity contribution is 6.33. The average Bonchev–Trinajstić information content (AvgIpc) is 3.31. The van der Waals surface area contributed by atoms with E-state index in [-0.39, 0.29) is 0 Å². The summed E-state index contributed by atoms with van der Waals surface area (Å²) in [5.41, 5.74) is 8.88. The fraction of sp³-hybridized carbons (Fsp3) is 0.148. The molecule has 0 aliphatic carbocycles. The number of hydrogen-bond acceptors (Lipinski definition) is 3. The van der Waals surface area contributed by atoms with Crippen molar-refractivity contribution < 1.29 is 0 Å². The summed E-state index contributed by atoms with van der Waals surface area (Å²) in [5, 5.41) is 4.27. The first-order valence-corrected chi connectivity index (χ1v) is 11.1. The number of aromatic nitrogens is 2. The van der Waals surface area contributed by atoms with Crippen molar-refractivity contribution in [3.05, 3.63) is 101 Å². The third kappa shape index (κ3) is 4.02. The lowest BCUT2D eigenvalue weighted by molar-refractivity contribution is 0.325. The Labute approximate surface area is 193 Å². The molecular weight excluding hydrogens is 416 g/mol. The fourth-order valence-corrected chi connectivity index (χ4v) is 4.42. The molecule has 0 atom stereocenters.